The number of hydrogen-bond acceptors (Lipinski definition) is 4. The highest BCUT2D eigenvalue weighted by Gasteiger charge is 2.59. The van der Waals surface area contributed by atoms with E-state index in [0.29, 0.717) is 0 Å². The van der Waals surface area contributed by atoms with E-state index in [1.807, 2.05) is 20.8 Å². The number of nitrogens with zero attached hydrogens (tertiary/aromatic N) is 1. The summed E-state index contributed by atoms with van der Waals surface area (Å²) in [4.78, 5) is 25.6. The van der Waals surface area contributed by atoms with Crippen molar-refractivity contribution in [2.45, 2.75) is 45.1 Å². The lowest BCUT2D eigenvalue weighted by Crippen LogP contribution is -2.63. The first kappa shape index (κ1) is 14.4. The van der Waals surface area contributed by atoms with Gasteiger partial charge in [0, 0.05) is 16.1 Å². The lowest BCUT2D eigenvalue weighted by Gasteiger charge is -2.46. The molecule has 19 heavy (non-hydrogen) atoms. The highest BCUT2D eigenvalue weighted by atomic mass is 32.2. The molecule has 0 bridgehead atoms. The van der Waals surface area contributed by atoms with Crippen molar-refractivity contribution in [3.05, 3.63) is 10.6 Å². The molecular weight excluding hydrogens is 266 g/mol. The van der Waals surface area contributed by atoms with Gasteiger partial charge in [-0.15, -0.1) is 11.8 Å². The molecule has 0 aliphatic carbocycles. The Morgan fingerprint density at radius 2 is 1.95 bits per heavy atom. The number of carbonyl (C=O) groups is 2. The van der Waals surface area contributed by atoms with Crippen LogP contribution in [0.4, 0.5) is 0 Å². The van der Waals surface area contributed by atoms with Crippen molar-refractivity contribution in [3.8, 4) is 0 Å². The molecule has 0 aromatic carbocycles. The zero-order valence-corrected chi connectivity index (χ0v) is 12.3. The van der Waals surface area contributed by atoms with Crippen molar-refractivity contribution in [2.75, 3.05) is 0 Å². The second-order valence-electron chi connectivity index (χ2n) is 5.44. The largest absolute Gasteiger partial charge is 0.477 e. The maximum atomic E-state index is 12.0. The van der Waals surface area contributed by atoms with Crippen LogP contribution in [0.15, 0.2) is 10.6 Å². The molecule has 5 nitrogen and oxygen atoms in total. The molecule has 1 saturated heterocycles. The third-order valence-corrected chi connectivity index (χ3v) is 4.96. The molecule has 6 heteroatoms. The summed E-state index contributed by atoms with van der Waals surface area (Å²) < 4.78 is 0. The highest BCUT2D eigenvalue weighted by molar-refractivity contribution is 8.03. The summed E-state index contributed by atoms with van der Waals surface area (Å²) in [5, 5.41) is 19.3. The molecule has 106 valence electrons. The van der Waals surface area contributed by atoms with Crippen molar-refractivity contribution < 1.29 is 19.8 Å². The van der Waals surface area contributed by atoms with Crippen molar-refractivity contribution in [2.24, 2.45) is 11.8 Å². The molecule has 2 N–H and O–H groups in total. The van der Waals surface area contributed by atoms with Gasteiger partial charge in [0.25, 0.3) is 0 Å². The van der Waals surface area contributed by atoms with Gasteiger partial charge in [-0.2, -0.15) is 0 Å². The van der Waals surface area contributed by atoms with Gasteiger partial charge in [0.05, 0.1) is 18.1 Å². The second kappa shape index (κ2) is 4.83. The quantitative estimate of drug-likeness (QED) is 0.761. The number of rotatable bonds is 4. The number of aliphatic hydroxyl groups excluding tert-OH is 1. The number of aliphatic hydroxyl groups is 1. The van der Waals surface area contributed by atoms with Crippen LogP contribution in [0.25, 0.3) is 0 Å². The Kier molecular flexibility index (Phi) is 3.66. The predicted octanol–water partition coefficient (Wildman–Crippen LogP) is 1.28. The van der Waals surface area contributed by atoms with Crippen LogP contribution >= 0.6 is 11.8 Å². The van der Waals surface area contributed by atoms with Crippen molar-refractivity contribution in [1.29, 1.82) is 0 Å². The number of hydrogen-bond donors (Lipinski definition) is 2. The molecule has 4 unspecified atom stereocenters. The third kappa shape index (κ3) is 2.07. The molecule has 2 heterocycles. The van der Waals surface area contributed by atoms with Gasteiger partial charge in [-0.1, -0.05) is 20.8 Å². The predicted molar refractivity (Wildman–Crippen MR) is 72.4 cm³/mol. The van der Waals surface area contributed by atoms with Crippen LogP contribution in [0.2, 0.25) is 0 Å². The Balaban J connectivity index is 2.37. The van der Waals surface area contributed by atoms with Gasteiger partial charge in [0.2, 0.25) is 5.91 Å². The average Bonchev–Trinajstić information content (AvgIpc) is 2.49. The topological polar surface area (TPSA) is 77.8 Å². The van der Waals surface area contributed by atoms with E-state index in [-0.39, 0.29) is 28.8 Å². The van der Waals surface area contributed by atoms with E-state index in [9.17, 15) is 19.8 Å². The van der Waals surface area contributed by atoms with Gasteiger partial charge in [-0.25, -0.2) is 4.79 Å². The Labute approximate surface area is 116 Å². The summed E-state index contributed by atoms with van der Waals surface area (Å²) in [5.41, 5.74) is 0.109. The number of amides is 1. The summed E-state index contributed by atoms with van der Waals surface area (Å²) in [6.45, 7) is 7.50. The standard InChI is InChI=1S/C13H19NO4S/c1-5(2)19-11-6(3)9-8(7(4)15)12(16)14(9)10(11)13(17)18/h5-9,15H,1-4H3,(H,17,18). The molecule has 0 radical (unpaired) electrons. The van der Waals surface area contributed by atoms with Crippen LogP contribution in [0, 0.1) is 11.8 Å². The number of carboxylic acid groups (broad SMARTS) is 1. The molecule has 1 amide bonds. The molecule has 0 aromatic rings. The second-order valence-corrected chi connectivity index (χ2v) is 7.06. The summed E-state index contributed by atoms with van der Waals surface area (Å²) in [6.07, 6.45) is -0.741. The van der Waals surface area contributed by atoms with Crippen LogP contribution in [-0.4, -0.2) is 44.4 Å². The summed E-state index contributed by atoms with van der Waals surface area (Å²) in [6, 6.07) is -0.208. The Morgan fingerprint density at radius 3 is 2.37 bits per heavy atom. The molecular formula is C13H19NO4S. The third-order valence-electron chi connectivity index (χ3n) is 3.67. The number of carbonyl (C=O) groups excluding carboxylic acids is 1. The van der Waals surface area contributed by atoms with Gasteiger partial charge in [0.15, 0.2) is 0 Å². The smallest absolute Gasteiger partial charge is 0.353 e. The number of aliphatic carboxylic acids is 1. The molecule has 2 rings (SSSR count). The monoisotopic (exact) mass is 285 g/mol. The van der Waals surface area contributed by atoms with E-state index in [4.69, 9.17) is 0 Å². The van der Waals surface area contributed by atoms with E-state index < -0.39 is 18.0 Å². The first-order chi connectivity index (χ1) is 8.77. The van der Waals surface area contributed by atoms with Crippen LogP contribution in [0.3, 0.4) is 0 Å². The van der Waals surface area contributed by atoms with Gasteiger partial charge in [-0.3, -0.25) is 4.79 Å². The minimum absolute atomic E-state index is 0.0317. The SMILES string of the molecule is CC(C)SC1=C(C(=O)O)N2C(=O)C(C(C)O)C2C1C. The number of β-lactam (4-membered cyclic amide) rings is 1. The molecule has 2 aliphatic rings. The Morgan fingerprint density at radius 1 is 1.37 bits per heavy atom. The van der Waals surface area contributed by atoms with E-state index in [1.165, 1.54) is 16.7 Å². The van der Waals surface area contributed by atoms with Gasteiger partial charge < -0.3 is 15.1 Å². The summed E-state index contributed by atoms with van der Waals surface area (Å²) >= 11 is 1.49. The minimum atomic E-state index is -1.06. The summed E-state index contributed by atoms with van der Waals surface area (Å²) in [7, 11) is 0. The average molecular weight is 285 g/mol. The number of fused-ring (bicyclic) bond motifs is 1. The number of carboxylic acids is 1. The molecule has 2 aliphatic heterocycles. The maximum absolute atomic E-state index is 12.0. The van der Waals surface area contributed by atoms with Crippen LogP contribution in [0.1, 0.15) is 27.7 Å². The fourth-order valence-electron chi connectivity index (χ4n) is 2.93. The molecule has 0 saturated carbocycles. The normalized spacial score (nSPS) is 31.6. The van der Waals surface area contributed by atoms with Gasteiger partial charge in [0.1, 0.15) is 5.70 Å². The highest BCUT2D eigenvalue weighted by Crippen LogP contribution is 2.51. The minimum Gasteiger partial charge on any atom is -0.477 e. The van der Waals surface area contributed by atoms with Crippen molar-refractivity contribution in [3.63, 3.8) is 0 Å². The van der Waals surface area contributed by atoms with E-state index >= 15 is 0 Å². The fourth-order valence-corrected chi connectivity index (χ4v) is 4.09. The zero-order valence-electron chi connectivity index (χ0n) is 11.5. The fraction of sp³-hybridized carbons (Fsp3) is 0.692. The van der Waals surface area contributed by atoms with Crippen molar-refractivity contribution in [1.82, 2.24) is 4.90 Å². The Hall–Kier alpha value is -1.01. The molecule has 0 spiro atoms. The summed E-state index contributed by atoms with van der Waals surface area (Å²) in [5.74, 6) is -1.84. The maximum Gasteiger partial charge on any atom is 0.353 e. The van der Waals surface area contributed by atoms with Crippen LogP contribution < -0.4 is 0 Å². The molecule has 1 fully saturated rings. The number of thioether (sulfide) groups is 1. The van der Waals surface area contributed by atoms with E-state index in [0.717, 1.165) is 4.91 Å². The molecule has 4 atom stereocenters. The first-order valence-corrected chi connectivity index (χ1v) is 7.30. The first-order valence-electron chi connectivity index (χ1n) is 6.42. The van der Waals surface area contributed by atoms with Crippen LogP contribution in [0.5, 0.6) is 0 Å². The lowest BCUT2D eigenvalue weighted by atomic mass is 9.79. The van der Waals surface area contributed by atoms with Crippen molar-refractivity contribution >= 4 is 23.6 Å². The zero-order chi connectivity index (χ0) is 14.5. The van der Waals surface area contributed by atoms with Gasteiger partial charge >= 0.3 is 5.97 Å². The lowest BCUT2D eigenvalue weighted by molar-refractivity contribution is -0.163. The van der Waals surface area contributed by atoms with E-state index in [1.54, 1.807) is 6.92 Å². The van der Waals surface area contributed by atoms with E-state index in [2.05, 4.69) is 0 Å². The molecule has 0 aromatic heterocycles. The Bertz CT molecular complexity index is 458. The van der Waals surface area contributed by atoms with Crippen LogP contribution in [-0.2, 0) is 9.59 Å². The van der Waals surface area contributed by atoms with Gasteiger partial charge in [-0.05, 0) is 6.92 Å².